The highest BCUT2D eigenvalue weighted by Gasteiger charge is 2.39. The largest absolute Gasteiger partial charge is 0.344 e. The highest BCUT2D eigenvalue weighted by atomic mass is 35.5. The number of hydrogen-bond acceptors (Lipinski definition) is 5. The predicted octanol–water partition coefficient (Wildman–Crippen LogP) is 3.51. The van der Waals surface area contributed by atoms with E-state index in [9.17, 15) is 24.0 Å². The zero-order chi connectivity index (χ0) is 28.3. The molecule has 0 spiro atoms. The summed E-state index contributed by atoms with van der Waals surface area (Å²) in [6, 6.07) is 9.33. The summed E-state index contributed by atoms with van der Waals surface area (Å²) in [6.07, 6.45) is 2.05. The van der Waals surface area contributed by atoms with Gasteiger partial charge in [0.05, 0.1) is 0 Å². The Bertz CT molecular complexity index is 1320. The summed E-state index contributed by atoms with van der Waals surface area (Å²) in [6.45, 7) is 5.70. The standard InChI is InChI=1S/C29H33ClN4O5/c1-16(2)26(36)32-23(27(37)31-19-11-10-17(3)22(30)14-19)9-5-7-18-6-4-8-20-21(18)15-34(29(20)39)24-12-13-25(35)33-28(24)38/h4,6,8,10-11,14,16,23-24H,5,7,9,12-13,15H2,1-3H3,(H,31,37)(H,32,36)(H,33,35,38). The number of amides is 5. The van der Waals surface area contributed by atoms with E-state index in [4.69, 9.17) is 11.6 Å². The molecular weight excluding hydrogens is 520 g/mol. The first-order chi connectivity index (χ1) is 18.5. The van der Waals surface area contributed by atoms with E-state index in [-0.39, 0.29) is 36.0 Å². The Morgan fingerprint density at radius 2 is 1.90 bits per heavy atom. The van der Waals surface area contributed by atoms with Crippen LogP contribution in [0.3, 0.4) is 0 Å². The Hall–Kier alpha value is -3.72. The molecule has 2 atom stereocenters. The van der Waals surface area contributed by atoms with Crippen LogP contribution in [0.4, 0.5) is 5.69 Å². The molecule has 206 valence electrons. The van der Waals surface area contributed by atoms with Crippen molar-refractivity contribution in [2.24, 2.45) is 5.92 Å². The molecule has 5 amide bonds. The van der Waals surface area contributed by atoms with Gasteiger partial charge in [-0.15, -0.1) is 0 Å². The normalized spacial score (nSPS) is 17.6. The van der Waals surface area contributed by atoms with Crippen molar-refractivity contribution in [3.63, 3.8) is 0 Å². The van der Waals surface area contributed by atoms with Crippen molar-refractivity contribution in [2.45, 2.75) is 71.5 Å². The number of fused-ring (bicyclic) bond motifs is 1. The lowest BCUT2D eigenvalue weighted by molar-refractivity contribution is -0.137. The van der Waals surface area contributed by atoms with Crippen molar-refractivity contribution in [1.82, 2.24) is 15.5 Å². The first-order valence-electron chi connectivity index (χ1n) is 13.2. The van der Waals surface area contributed by atoms with Crippen LogP contribution < -0.4 is 16.0 Å². The summed E-state index contributed by atoms with van der Waals surface area (Å²) in [5, 5.41) is 8.55. The molecule has 2 aliphatic rings. The number of rotatable bonds is 9. The van der Waals surface area contributed by atoms with Gasteiger partial charge >= 0.3 is 0 Å². The van der Waals surface area contributed by atoms with Gasteiger partial charge in [-0.2, -0.15) is 0 Å². The van der Waals surface area contributed by atoms with Gasteiger partial charge < -0.3 is 15.5 Å². The summed E-state index contributed by atoms with van der Waals surface area (Å²) in [5.41, 5.74) is 3.80. The number of nitrogens with zero attached hydrogens (tertiary/aromatic N) is 1. The Kier molecular flexibility index (Phi) is 8.70. The second-order valence-corrected chi connectivity index (χ2v) is 10.8. The highest BCUT2D eigenvalue weighted by Crippen LogP contribution is 2.30. The number of aryl methyl sites for hydroxylation is 2. The minimum absolute atomic E-state index is 0.198. The summed E-state index contributed by atoms with van der Waals surface area (Å²) in [7, 11) is 0. The van der Waals surface area contributed by atoms with Gasteiger partial charge in [-0.05, 0) is 67.5 Å². The molecule has 0 radical (unpaired) electrons. The number of piperidine rings is 1. The van der Waals surface area contributed by atoms with Gasteiger partial charge in [0.1, 0.15) is 12.1 Å². The topological polar surface area (TPSA) is 125 Å². The third-order valence-corrected chi connectivity index (χ3v) is 7.62. The number of benzene rings is 2. The Morgan fingerprint density at radius 3 is 2.59 bits per heavy atom. The maximum absolute atomic E-state index is 13.1. The van der Waals surface area contributed by atoms with Crippen molar-refractivity contribution in [2.75, 3.05) is 5.32 Å². The van der Waals surface area contributed by atoms with Crippen LogP contribution >= 0.6 is 11.6 Å². The molecule has 2 aromatic rings. The molecule has 1 fully saturated rings. The van der Waals surface area contributed by atoms with Crippen molar-refractivity contribution >= 4 is 46.8 Å². The van der Waals surface area contributed by atoms with Crippen LogP contribution in [0.5, 0.6) is 0 Å². The van der Waals surface area contributed by atoms with E-state index >= 15 is 0 Å². The maximum Gasteiger partial charge on any atom is 0.255 e. The minimum atomic E-state index is -0.752. The van der Waals surface area contributed by atoms with E-state index in [1.165, 1.54) is 4.90 Å². The first-order valence-corrected chi connectivity index (χ1v) is 13.6. The number of halogens is 1. The van der Waals surface area contributed by atoms with Crippen LogP contribution in [0.2, 0.25) is 5.02 Å². The zero-order valence-corrected chi connectivity index (χ0v) is 23.1. The molecule has 0 aromatic heterocycles. The van der Waals surface area contributed by atoms with E-state index in [0.717, 1.165) is 16.7 Å². The fraction of sp³-hybridized carbons (Fsp3) is 0.414. The molecule has 0 saturated carbocycles. The van der Waals surface area contributed by atoms with Crippen molar-refractivity contribution in [1.29, 1.82) is 0 Å². The van der Waals surface area contributed by atoms with Gasteiger partial charge in [0, 0.05) is 35.2 Å². The van der Waals surface area contributed by atoms with Crippen LogP contribution in [-0.4, -0.2) is 46.5 Å². The second-order valence-electron chi connectivity index (χ2n) is 10.4. The molecule has 2 heterocycles. The SMILES string of the molecule is Cc1ccc(NC(=O)C(CCCc2cccc3c2CN(C2CCC(=O)NC2=O)C3=O)NC(=O)C(C)C)cc1Cl. The van der Waals surface area contributed by atoms with E-state index in [1.54, 1.807) is 32.0 Å². The molecule has 4 rings (SSSR count). The minimum Gasteiger partial charge on any atom is -0.344 e. The Labute approximate surface area is 232 Å². The van der Waals surface area contributed by atoms with Gasteiger partial charge in [-0.1, -0.05) is 43.6 Å². The number of carbonyl (C=O) groups is 5. The molecule has 2 aromatic carbocycles. The molecule has 3 N–H and O–H groups in total. The lowest BCUT2D eigenvalue weighted by Crippen LogP contribution is -2.52. The number of hydrogen-bond donors (Lipinski definition) is 3. The summed E-state index contributed by atoms with van der Waals surface area (Å²) < 4.78 is 0. The summed E-state index contributed by atoms with van der Waals surface area (Å²) >= 11 is 6.20. The van der Waals surface area contributed by atoms with Gasteiger partial charge in [0.15, 0.2) is 0 Å². The number of carbonyl (C=O) groups excluding carboxylic acids is 5. The molecular formula is C29H33ClN4O5. The molecule has 9 nitrogen and oxygen atoms in total. The van der Waals surface area contributed by atoms with E-state index in [0.29, 0.717) is 48.5 Å². The lowest BCUT2D eigenvalue weighted by atomic mass is 9.97. The number of imide groups is 1. The molecule has 1 saturated heterocycles. The van der Waals surface area contributed by atoms with Crippen LogP contribution in [0.25, 0.3) is 0 Å². The third-order valence-electron chi connectivity index (χ3n) is 7.21. The number of nitrogens with one attached hydrogen (secondary N) is 3. The highest BCUT2D eigenvalue weighted by molar-refractivity contribution is 6.31. The molecule has 39 heavy (non-hydrogen) atoms. The van der Waals surface area contributed by atoms with Crippen molar-refractivity contribution in [3.05, 3.63) is 63.7 Å². The van der Waals surface area contributed by atoms with Crippen LogP contribution in [0.1, 0.15) is 66.6 Å². The van der Waals surface area contributed by atoms with Crippen LogP contribution in [-0.2, 0) is 32.1 Å². The fourth-order valence-electron chi connectivity index (χ4n) is 4.89. The van der Waals surface area contributed by atoms with Crippen molar-refractivity contribution in [3.8, 4) is 0 Å². The summed E-state index contributed by atoms with van der Waals surface area (Å²) in [4.78, 5) is 64.1. The monoisotopic (exact) mass is 552 g/mol. The molecule has 0 aliphatic carbocycles. The molecule has 10 heteroatoms. The lowest BCUT2D eigenvalue weighted by Gasteiger charge is -2.29. The fourth-order valence-corrected chi connectivity index (χ4v) is 5.07. The average molecular weight is 553 g/mol. The van der Waals surface area contributed by atoms with Gasteiger partial charge in [-0.3, -0.25) is 29.3 Å². The van der Waals surface area contributed by atoms with E-state index < -0.39 is 18.0 Å². The summed E-state index contributed by atoms with van der Waals surface area (Å²) in [5.74, 6) is -1.83. The van der Waals surface area contributed by atoms with Gasteiger partial charge in [0.2, 0.25) is 23.6 Å². The smallest absolute Gasteiger partial charge is 0.255 e. The number of anilines is 1. The van der Waals surface area contributed by atoms with Gasteiger partial charge in [-0.25, -0.2) is 0 Å². The first kappa shape index (κ1) is 28.3. The van der Waals surface area contributed by atoms with E-state index in [1.807, 2.05) is 25.1 Å². The maximum atomic E-state index is 13.1. The Balaban J connectivity index is 1.44. The Morgan fingerprint density at radius 1 is 1.13 bits per heavy atom. The average Bonchev–Trinajstić information content (AvgIpc) is 3.22. The van der Waals surface area contributed by atoms with Gasteiger partial charge in [0.25, 0.3) is 5.91 Å². The van der Waals surface area contributed by atoms with E-state index in [2.05, 4.69) is 16.0 Å². The zero-order valence-electron chi connectivity index (χ0n) is 22.3. The van der Waals surface area contributed by atoms with Crippen LogP contribution in [0, 0.1) is 12.8 Å². The molecule has 0 bridgehead atoms. The molecule has 2 aliphatic heterocycles. The second kappa shape index (κ2) is 12.0. The van der Waals surface area contributed by atoms with Crippen LogP contribution in [0.15, 0.2) is 36.4 Å². The quantitative estimate of drug-likeness (QED) is 0.411. The third kappa shape index (κ3) is 6.47. The molecule has 2 unspecified atom stereocenters. The predicted molar refractivity (Wildman–Crippen MR) is 147 cm³/mol. The van der Waals surface area contributed by atoms with Crippen molar-refractivity contribution < 1.29 is 24.0 Å².